The summed E-state index contributed by atoms with van der Waals surface area (Å²) in [5, 5.41) is 16.6. The number of benzene rings is 3. The van der Waals surface area contributed by atoms with Crippen molar-refractivity contribution >= 4 is 38.9 Å². The number of carbonyl (C=O) groups excluding carboxylic acids is 2. The summed E-state index contributed by atoms with van der Waals surface area (Å²) in [5.41, 5.74) is 9.49. The Morgan fingerprint density at radius 1 is 1.14 bits per heavy atom. The van der Waals surface area contributed by atoms with Crippen molar-refractivity contribution in [1.82, 2.24) is 15.0 Å². The van der Waals surface area contributed by atoms with Gasteiger partial charge in [0, 0.05) is 42.4 Å². The lowest BCUT2D eigenvalue weighted by Gasteiger charge is -2.34. The van der Waals surface area contributed by atoms with Crippen LogP contribution in [-0.2, 0) is 27.8 Å². The number of sulfonamides is 1. The highest BCUT2D eigenvalue weighted by atomic mass is 32.2. The van der Waals surface area contributed by atoms with Gasteiger partial charge in [-0.2, -0.15) is 0 Å². The lowest BCUT2D eigenvalue weighted by atomic mass is 10.0. The molecule has 1 aromatic heterocycles. The van der Waals surface area contributed by atoms with Gasteiger partial charge in [-0.3, -0.25) is 19.2 Å². The molecule has 0 aliphatic carbocycles. The van der Waals surface area contributed by atoms with Gasteiger partial charge in [0.1, 0.15) is 17.5 Å². The van der Waals surface area contributed by atoms with Gasteiger partial charge in [-0.1, -0.05) is 36.3 Å². The van der Waals surface area contributed by atoms with E-state index in [1.165, 1.54) is 6.92 Å². The van der Waals surface area contributed by atoms with Crippen LogP contribution in [0.4, 0.5) is 17.1 Å². The number of amides is 2. The number of hydrogen-bond donors (Lipinski definition) is 4. The van der Waals surface area contributed by atoms with E-state index in [0.717, 1.165) is 5.56 Å². The Morgan fingerprint density at radius 3 is 2.52 bits per heavy atom. The molecule has 0 radical (unpaired) electrons. The number of para-hydroxylation sites is 2. The Balaban J connectivity index is 1.34. The Hall–Kier alpha value is -4.92. The number of nitrogens with one attached hydrogen (secondary N) is 2. The molecule has 0 saturated carbocycles. The second kappa shape index (κ2) is 15.3. The van der Waals surface area contributed by atoms with Crippen LogP contribution < -0.4 is 20.5 Å². The quantitative estimate of drug-likeness (QED) is 0.165. The molecule has 1 aliphatic rings. The van der Waals surface area contributed by atoms with E-state index in [0.29, 0.717) is 47.9 Å². The second-order valence-corrected chi connectivity index (χ2v) is 14.5. The molecule has 266 valence electrons. The maximum absolute atomic E-state index is 13.6. The lowest BCUT2D eigenvalue weighted by Crippen LogP contribution is -2.47. The van der Waals surface area contributed by atoms with Crippen molar-refractivity contribution in [2.75, 3.05) is 42.5 Å². The van der Waals surface area contributed by atoms with Crippen LogP contribution in [0.3, 0.4) is 0 Å². The van der Waals surface area contributed by atoms with Crippen molar-refractivity contribution in [3.63, 3.8) is 0 Å². The molecule has 14 heteroatoms. The number of fused-ring (bicyclic) bond motifs is 1. The zero-order chi connectivity index (χ0) is 36.2. The summed E-state index contributed by atoms with van der Waals surface area (Å²) >= 11 is 0. The molecule has 2 heterocycles. The van der Waals surface area contributed by atoms with Gasteiger partial charge in [0.25, 0.3) is 15.9 Å². The fourth-order valence-electron chi connectivity index (χ4n) is 6.03. The molecule has 0 unspecified atom stereocenters. The summed E-state index contributed by atoms with van der Waals surface area (Å²) in [6.45, 7) is 8.07. The molecular weight excluding hydrogens is 660 g/mol. The number of ether oxygens (including phenoxy) is 1. The van der Waals surface area contributed by atoms with Crippen LogP contribution in [0.15, 0.2) is 76.1 Å². The van der Waals surface area contributed by atoms with Crippen LogP contribution >= 0.6 is 0 Å². The van der Waals surface area contributed by atoms with Crippen molar-refractivity contribution in [3.8, 4) is 5.75 Å². The van der Waals surface area contributed by atoms with Crippen molar-refractivity contribution in [2.24, 2.45) is 5.92 Å². The third kappa shape index (κ3) is 8.44. The van der Waals surface area contributed by atoms with Gasteiger partial charge < -0.3 is 30.3 Å². The standard InChI is InChI=1S/C36H44N6O7S/c1-22-18-42(23(2)21-43)34(44)17-28-16-29(40-50(46,47)35-24(3)39-49-25(35)4)14-15-32(28)48-33(22)20-41(5)19-26-10-12-27(13-11-26)36(45)38-31-9-7-6-8-30(31)37/h6-16,22-23,33,40,43H,17-21,37H2,1-5H3,(H,38,45)/t22-,23-,33+/m0/s1. The first kappa shape index (κ1) is 36.4. The minimum atomic E-state index is -4.02. The second-order valence-electron chi connectivity index (χ2n) is 12.9. The predicted molar refractivity (Wildman–Crippen MR) is 190 cm³/mol. The number of nitrogens with zero attached hydrogens (tertiary/aromatic N) is 3. The number of aromatic nitrogens is 1. The highest BCUT2D eigenvalue weighted by molar-refractivity contribution is 7.92. The average Bonchev–Trinajstić information content (AvgIpc) is 3.44. The highest BCUT2D eigenvalue weighted by Crippen LogP contribution is 2.31. The molecule has 3 atom stereocenters. The largest absolute Gasteiger partial charge is 0.488 e. The van der Waals surface area contributed by atoms with Crippen molar-refractivity contribution < 1.29 is 32.4 Å². The summed E-state index contributed by atoms with van der Waals surface area (Å²) in [6.07, 6.45) is -0.420. The van der Waals surface area contributed by atoms with E-state index in [9.17, 15) is 23.1 Å². The molecule has 1 aliphatic heterocycles. The topological polar surface area (TPSA) is 180 Å². The smallest absolute Gasteiger partial charge is 0.267 e. The van der Waals surface area contributed by atoms with Crippen LogP contribution in [-0.4, -0.2) is 79.2 Å². The minimum absolute atomic E-state index is 0.0384. The predicted octanol–water partition coefficient (Wildman–Crippen LogP) is 4.21. The number of aliphatic hydroxyl groups is 1. The molecule has 5 N–H and O–H groups in total. The first-order valence-electron chi connectivity index (χ1n) is 16.3. The van der Waals surface area contributed by atoms with Crippen molar-refractivity contribution in [3.05, 3.63) is 94.9 Å². The van der Waals surface area contributed by atoms with Gasteiger partial charge in [0.15, 0.2) is 10.7 Å². The summed E-state index contributed by atoms with van der Waals surface area (Å²) in [4.78, 5) is 30.1. The van der Waals surface area contributed by atoms with Gasteiger partial charge in [-0.05, 0) is 75.8 Å². The molecule has 5 rings (SSSR count). The number of rotatable bonds is 11. The fourth-order valence-corrected chi connectivity index (χ4v) is 7.41. The van der Waals surface area contributed by atoms with Gasteiger partial charge >= 0.3 is 0 Å². The molecule has 0 bridgehead atoms. The fraction of sp³-hybridized carbons (Fsp3) is 0.361. The zero-order valence-electron chi connectivity index (χ0n) is 28.8. The number of likely N-dealkylation sites (N-methyl/N-ethyl adjacent to an activating group) is 1. The summed E-state index contributed by atoms with van der Waals surface area (Å²) in [7, 11) is -2.05. The monoisotopic (exact) mass is 704 g/mol. The molecule has 3 aromatic carbocycles. The number of aliphatic hydroxyl groups excluding tert-OH is 1. The number of nitrogen functional groups attached to an aromatic ring is 1. The van der Waals surface area contributed by atoms with Crippen molar-refractivity contribution in [2.45, 2.75) is 57.7 Å². The van der Waals surface area contributed by atoms with E-state index in [1.54, 1.807) is 73.3 Å². The first-order chi connectivity index (χ1) is 23.7. The molecular formula is C36H44N6O7S. The molecule has 0 spiro atoms. The molecule has 2 amide bonds. The van der Waals surface area contributed by atoms with Crippen LogP contribution in [0.25, 0.3) is 0 Å². The van der Waals surface area contributed by atoms with Gasteiger partial charge in [0.05, 0.1) is 30.4 Å². The van der Waals surface area contributed by atoms with Gasteiger partial charge in [-0.25, -0.2) is 8.42 Å². The Labute approximate surface area is 292 Å². The number of aryl methyl sites for hydroxylation is 2. The number of hydrogen-bond acceptors (Lipinski definition) is 10. The minimum Gasteiger partial charge on any atom is -0.488 e. The molecule has 13 nitrogen and oxygen atoms in total. The number of nitrogens with two attached hydrogens (primary N) is 1. The summed E-state index contributed by atoms with van der Waals surface area (Å²) < 4.78 is 40.7. The normalized spacial score (nSPS) is 17.3. The van der Waals surface area contributed by atoms with E-state index in [4.69, 9.17) is 15.0 Å². The Morgan fingerprint density at radius 2 is 1.86 bits per heavy atom. The first-order valence-corrected chi connectivity index (χ1v) is 17.8. The average molecular weight is 705 g/mol. The van der Waals surface area contributed by atoms with Crippen LogP contribution in [0.1, 0.15) is 46.8 Å². The molecule has 0 saturated heterocycles. The van der Waals surface area contributed by atoms with Gasteiger partial charge in [0.2, 0.25) is 5.91 Å². The molecule has 4 aromatic rings. The number of anilines is 3. The lowest BCUT2D eigenvalue weighted by molar-refractivity contribution is -0.134. The van der Waals surface area contributed by atoms with Crippen LogP contribution in [0, 0.1) is 19.8 Å². The number of carbonyl (C=O) groups is 2. The third-order valence-electron chi connectivity index (χ3n) is 8.77. The van der Waals surface area contributed by atoms with Crippen LogP contribution in [0.2, 0.25) is 0 Å². The maximum atomic E-state index is 13.6. The summed E-state index contributed by atoms with van der Waals surface area (Å²) in [5.74, 6) is 0.0422. The Kier molecular flexibility index (Phi) is 11.1. The van der Waals surface area contributed by atoms with E-state index in [1.807, 2.05) is 26.1 Å². The van der Waals surface area contributed by atoms with E-state index in [-0.39, 0.29) is 58.9 Å². The zero-order valence-corrected chi connectivity index (χ0v) is 29.7. The summed E-state index contributed by atoms with van der Waals surface area (Å²) in [6, 6.07) is 18.9. The maximum Gasteiger partial charge on any atom is 0.267 e. The van der Waals surface area contributed by atoms with Crippen molar-refractivity contribution in [1.29, 1.82) is 0 Å². The van der Waals surface area contributed by atoms with E-state index >= 15 is 0 Å². The molecule has 0 fully saturated rings. The van der Waals surface area contributed by atoms with E-state index in [2.05, 4.69) is 20.1 Å². The van der Waals surface area contributed by atoms with Crippen LogP contribution in [0.5, 0.6) is 5.75 Å². The molecule has 50 heavy (non-hydrogen) atoms. The third-order valence-corrected chi connectivity index (χ3v) is 10.4. The SMILES string of the molecule is Cc1noc(C)c1S(=O)(=O)Nc1ccc2c(c1)CC(=O)N([C@@H](C)CO)C[C@H](C)[C@@H](CN(C)Cc1ccc(C(=O)Nc3ccccc3N)cc1)O2. The van der Waals surface area contributed by atoms with E-state index < -0.39 is 16.1 Å². The van der Waals surface area contributed by atoms with Gasteiger partial charge in [-0.15, -0.1) is 0 Å². The Bertz CT molecular complexity index is 1930. The highest BCUT2D eigenvalue weighted by Gasteiger charge is 2.32.